The standard InChI is InChI=1S/C13H20N2O4S/c1-19-8-11-15-10(9-20-11)13(18)14-7-5-3-2-4-6-12(16)17/h9H,2-8H2,1H3,(H,14,18)(H,16,17). The summed E-state index contributed by atoms with van der Waals surface area (Å²) in [6.45, 7) is 1.00. The van der Waals surface area contributed by atoms with Gasteiger partial charge >= 0.3 is 5.97 Å². The molecular weight excluding hydrogens is 280 g/mol. The molecule has 1 aromatic heterocycles. The molecule has 2 N–H and O–H groups in total. The largest absolute Gasteiger partial charge is 0.481 e. The molecule has 1 amide bonds. The average Bonchev–Trinajstić information content (AvgIpc) is 2.86. The molecule has 0 radical (unpaired) electrons. The number of thiazole rings is 1. The molecule has 0 aromatic carbocycles. The van der Waals surface area contributed by atoms with Gasteiger partial charge in [-0.05, 0) is 12.8 Å². The summed E-state index contributed by atoms with van der Waals surface area (Å²) in [7, 11) is 1.59. The summed E-state index contributed by atoms with van der Waals surface area (Å²) < 4.78 is 4.95. The molecule has 0 atom stereocenters. The molecule has 6 nitrogen and oxygen atoms in total. The number of carbonyl (C=O) groups is 2. The van der Waals surface area contributed by atoms with E-state index in [0.717, 1.165) is 24.3 Å². The molecule has 0 unspecified atom stereocenters. The highest BCUT2D eigenvalue weighted by Gasteiger charge is 2.09. The van der Waals surface area contributed by atoms with Crippen LogP contribution in [-0.2, 0) is 16.1 Å². The third-order valence-corrected chi connectivity index (χ3v) is 3.48. The minimum absolute atomic E-state index is 0.172. The number of hydrogen-bond donors (Lipinski definition) is 2. The molecule has 0 saturated carbocycles. The fourth-order valence-corrected chi connectivity index (χ4v) is 2.40. The second-order valence-electron chi connectivity index (χ2n) is 4.37. The summed E-state index contributed by atoms with van der Waals surface area (Å²) >= 11 is 1.40. The van der Waals surface area contributed by atoms with Crippen molar-refractivity contribution in [1.82, 2.24) is 10.3 Å². The number of carbonyl (C=O) groups excluding carboxylic acids is 1. The monoisotopic (exact) mass is 300 g/mol. The minimum Gasteiger partial charge on any atom is -0.481 e. The van der Waals surface area contributed by atoms with E-state index in [2.05, 4.69) is 10.3 Å². The van der Waals surface area contributed by atoms with Gasteiger partial charge in [-0.2, -0.15) is 0 Å². The van der Waals surface area contributed by atoms with Crippen molar-refractivity contribution in [2.24, 2.45) is 0 Å². The number of unbranched alkanes of at least 4 members (excludes halogenated alkanes) is 3. The zero-order valence-electron chi connectivity index (χ0n) is 11.6. The third-order valence-electron chi connectivity index (χ3n) is 2.66. The lowest BCUT2D eigenvalue weighted by atomic mass is 10.1. The lowest BCUT2D eigenvalue weighted by Gasteiger charge is -2.03. The zero-order valence-corrected chi connectivity index (χ0v) is 12.4. The summed E-state index contributed by atoms with van der Waals surface area (Å²) in [4.78, 5) is 26.2. The van der Waals surface area contributed by atoms with E-state index in [0.29, 0.717) is 25.3 Å². The number of nitrogens with one attached hydrogen (secondary N) is 1. The normalized spacial score (nSPS) is 10.4. The van der Waals surface area contributed by atoms with Gasteiger partial charge in [0, 0.05) is 25.5 Å². The van der Waals surface area contributed by atoms with E-state index in [1.807, 2.05) is 0 Å². The van der Waals surface area contributed by atoms with Gasteiger partial charge in [0.15, 0.2) is 0 Å². The van der Waals surface area contributed by atoms with Gasteiger partial charge in [0.25, 0.3) is 5.91 Å². The van der Waals surface area contributed by atoms with Crippen LogP contribution in [0.1, 0.15) is 47.6 Å². The molecule has 0 aliphatic rings. The predicted molar refractivity (Wildman–Crippen MR) is 75.9 cm³/mol. The number of amides is 1. The maximum atomic E-state index is 11.8. The first kappa shape index (κ1) is 16.6. The van der Waals surface area contributed by atoms with E-state index in [4.69, 9.17) is 9.84 Å². The van der Waals surface area contributed by atoms with Crippen LogP contribution in [-0.4, -0.2) is 35.6 Å². The van der Waals surface area contributed by atoms with E-state index in [1.165, 1.54) is 11.3 Å². The Morgan fingerprint density at radius 1 is 1.35 bits per heavy atom. The van der Waals surface area contributed by atoms with Crippen molar-refractivity contribution < 1.29 is 19.4 Å². The average molecular weight is 300 g/mol. The van der Waals surface area contributed by atoms with Gasteiger partial charge in [-0.25, -0.2) is 4.98 Å². The van der Waals surface area contributed by atoms with Gasteiger partial charge in [0.2, 0.25) is 0 Å². The summed E-state index contributed by atoms with van der Waals surface area (Å²) in [5, 5.41) is 13.8. The number of nitrogens with zero attached hydrogens (tertiary/aromatic N) is 1. The summed E-state index contributed by atoms with van der Waals surface area (Å²) in [5.41, 5.74) is 0.424. The molecule has 0 aliphatic carbocycles. The molecule has 0 spiro atoms. The molecule has 0 saturated heterocycles. The molecule has 1 aromatic rings. The topological polar surface area (TPSA) is 88.5 Å². The zero-order chi connectivity index (χ0) is 14.8. The molecule has 112 valence electrons. The maximum absolute atomic E-state index is 11.8. The van der Waals surface area contributed by atoms with Crippen LogP contribution in [0.15, 0.2) is 5.38 Å². The van der Waals surface area contributed by atoms with Crippen LogP contribution < -0.4 is 5.32 Å². The summed E-state index contributed by atoms with van der Waals surface area (Å²) in [5.74, 6) is -0.928. The van der Waals surface area contributed by atoms with E-state index in [-0.39, 0.29) is 12.3 Å². The number of hydrogen-bond acceptors (Lipinski definition) is 5. The van der Waals surface area contributed by atoms with E-state index < -0.39 is 5.97 Å². The fourth-order valence-electron chi connectivity index (χ4n) is 1.65. The number of carboxylic acids is 1. The van der Waals surface area contributed by atoms with Crippen LogP contribution in [0.2, 0.25) is 0 Å². The van der Waals surface area contributed by atoms with Crippen LogP contribution in [0.5, 0.6) is 0 Å². The Kier molecular flexibility index (Phi) is 7.82. The second-order valence-corrected chi connectivity index (χ2v) is 5.32. The quantitative estimate of drug-likeness (QED) is 0.646. The SMILES string of the molecule is COCc1nc(C(=O)NCCCCCCC(=O)O)cs1. The highest BCUT2D eigenvalue weighted by Crippen LogP contribution is 2.10. The van der Waals surface area contributed by atoms with Crippen molar-refractivity contribution in [3.05, 3.63) is 16.1 Å². The lowest BCUT2D eigenvalue weighted by molar-refractivity contribution is -0.137. The highest BCUT2D eigenvalue weighted by molar-refractivity contribution is 7.09. The molecule has 0 aliphatic heterocycles. The minimum atomic E-state index is -0.756. The molecule has 1 rings (SSSR count). The van der Waals surface area contributed by atoms with Gasteiger partial charge in [-0.15, -0.1) is 11.3 Å². The Morgan fingerprint density at radius 3 is 2.80 bits per heavy atom. The van der Waals surface area contributed by atoms with Gasteiger partial charge in [0.1, 0.15) is 10.7 Å². The Balaban J connectivity index is 2.11. The van der Waals surface area contributed by atoms with Crippen molar-refractivity contribution in [2.75, 3.05) is 13.7 Å². The van der Waals surface area contributed by atoms with E-state index in [1.54, 1.807) is 12.5 Å². The lowest BCUT2D eigenvalue weighted by Crippen LogP contribution is -2.24. The first-order chi connectivity index (χ1) is 9.63. The van der Waals surface area contributed by atoms with Crippen molar-refractivity contribution in [3.8, 4) is 0 Å². The van der Waals surface area contributed by atoms with Gasteiger partial charge in [0.05, 0.1) is 6.61 Å². The Morgan fingerprint density at radius 2 is 2.10 bits per heavy atom. The first-order valence-electron chi connectivity index (χ1n) is 6.57. The molecular formula is C13H20N2O4S. The van der Waals surface area contributed by atoms with Crippen LogP contribution in [0.4, 0.5) is 0 Å². The summed E-state index contributed by atoms with van der Waals surface area (Å²) in [6, 6.07) is 0. The second kappa shape index (κ2) is 9.44. The van der Waals surface area contributed by atoms with Crippen molar-refractivity contribution >= 4 is 23.2 Å². The summed E-state index contributed by atoms with van der Waals surface area (Å²) in [6.07, 6.45) is 3.54. The Bertz CT molecular complexity index is 434. The molecule has 20 heavy (non-hydrogen) atoms. The maximum Gasteiger partial charge on any atom is 0.303 e. The predicted octanol–water partition coefficient (Wildman–Crippen LogP) is 2.05. The molecule has 7 heteroatoms. The Labute approximate surface area is 122 Å². The fraction of sp³-hybridized carbons (Fsp3) is 0.615. The number of methoxy groups -OCH3 is 1. The third kappa shape index (κ3) is 6.63. The number of ether oxygens (including phenoxy) is 1. The van der Waals surface area contributed by atoms with Crippen LogP contribution in [0, 0.1) is 0 Å². The van der Waals surface area contributed by atoms with Crippen LogP contribution in [0.3, 0.4) is 0 Å². The van der Waals surface area contributed by atoms with Crippen LogP contribution in [0.25, 0.3) is 0 Å². The van der Waals surface area contributed by atoms with Gasteiger partial charge < -0.3 is 15.2 Å². The number of aromatic nitrogens is 1. The molecule has 1 heterocycles. The number of aliphatic carboxylic acids is 1. The first-order valence-corrected chi connectivity index (χ1v) is 7.44. The molecule has 0 bridgehead atoms. The van der Waals surface area contributed by atoms with E-state index >= 15 is 0 Å². The van der Waals surface area contributed by atoms with E-state index in [9.17, 15) is 9.59 Å². The van der Waals surface area contributed by atoms with Crippen molar-refractivity contribution in [2.45, 2.75) is 38.7 Å². The Hall–Kier alpha value is -1.47. The van der Waals surface area contributed by atoms with Crippen molar-refractivity contribution in [1.29, 1.82) is 0 Å². The van der Waals surface area contributed by atoms with Crippen LogP contribution >= 0.6 is 11.3 Å². The van der Waals surface area contributed by atoms with Crippen molar-refractivity contribution in [3.63, 3.8) is 0 Å². The van der Waals surface area contributed by atoms with Gasteiger partial charge in [-0.3, -0.25) is 9.59 Å². The highest BCUT2D eigenvalue weighted by atomic mass is 32.1. The van der Waals surface area contributed by atoms with Gasteiger partial charge in [-0.1, -0.05) is 12.8 Å². The number of rotatable bonds is 10. The number of carboxylic acid groups (broad SMARTS) is 1. The smallest absolute Gasteiger partial charge is 0.303 e. The molecule has 0 fully saturated rings.